The van der Waals surface area contributed by atoms with E-state index in [2.05, 4.69) is 0 Å². The standard InChI is InChI=1S/C22H46N4O2/c27-21-19-25-13-7-23(8-14-25,9-15-25)5-3-1-2-4-6-24-10-16-26(17-11-24,18-12-24)20-22-28/h27-28H,1-22H2/q+4. The molecule has 0 spiro atoms. The Balaban J connectivity index is 1.11. The van der Waals surface area contributed by atoms with Crippen LogP contribution in [0.1, 0.15) is 25.7 Å². The van der Waals surface area contributed by atoms with Crippen LogP contribution in [0.15, 0.2) is 0 Å². The third-order valence-electron chi connectivity index (χ3n) is 9.46. The fraction of sp³-hybridized carbons (Fsp3) is 1.00. The molecule has 0 aliphatic carbocycles. The lowest BCUT2D eigenvalue weighted by Crippen LogP contribution is -2.75. The van der Waals surface area contributed by atoms with E-state index in [4.69, 9.17) is 0 Å². The van der Waals surface area contributed by atoms with Crippen LogP contribution in [0.5, 0.6) is 0 Å². The second-order valence-corrected chi connectivity index (χ2v) is 10.8. The maximum absolute atomic E-state index is 9.36. The van der Waals surface area contributed by atoms with Crippen molar-refractivity contribution in [2.24, 2.45) is 0 Å². The first-order valence-electron chi connectivity index (χ1n) is 12.2. The number of fused-ring (bicyclic) bond motifs is 6. The molecule has 6 aliphatic heterocycles. The molecule has 0 radical (unpaired) electrons. The van der Waals surface area contributed by atoms with Crippen molar-refractivity contribution in [1.82, 2.24) is 0 Å². The fourth-order valence-electron chi connectivity index (χ4n) is 6.90. The first-order valence-corrected chi connectivity index (χ1v) is 12.2. The third-order valence-corrected chi connectivity index (χ3v) is 9.46. The number of nitrogens with zero attached hydrogens (tertiary/aromatic N) is 4. The van der Waals surface area contributed by atoms with E-state index in [1.54, 1.807) is 0 Å². The lowest BCUT2D eigenvalue weighted by Gasteiger charge is -2.55. The molecule has 0 saturated carbocycles. The molecule has 162 valence electrons. The minimum atomic E-state index is 0.363. The number of quaternary nitrogens is 4. The van der Waals surface area contributed by atoms with Crippen LogP contribution in [-0.4, -0.2) is 146 Å². The maximum Gasteiger partial charge on any atom is 0.129 e. The van der Waals surface area contributed by atoms with E-state index in [9.17, 15) is 10.2 Å². The molecule has 0 aromatic rings. The molecular formula is C22H46N4O2+4. The van der Waals surface area contributed by atoms with Crippen LogP contribution in [0.25, 0.3) is 0 Å². The van der Waals surface area contributed by atoms with Gasteiger partial charge in [0.05, 0.1) is 26.3 Å². The molecule has 6 saturated heterocycles. The Kier molecular flexibility index (Phi) is 6.36. The number of hydrogen-bond acceptors (Lipinski definition) is 2. The van der Waals surface area contributed by atoms with Gasteiger partial charge in [0.15, 0.2) is 0 Å². The molecule has 2 N–H and O–H groups in total. The SMILES string of the molecule is OCC[N+]12CC[N+](CCCCCC[N+]34CC[N+](CCO)(CC3)CC4)(CC1)CC2. The van der Waals surface area contributed by atoms with Crippen molar-refractivity contribution in [2.75, 3.05) is 118 Å². The Morgan fingerprint density at radius 3 is 0.857 bits per heavy atom. The van der Waals surface area contributed by atoms with Crippen LogP contribution in [-0.2, 0) is 0 Å². The predicted octanol–water partition coefficient (Wildman–Crippen LogP) is -0.147. The first-order chi connectivity index (χ1) is 13.6. The monoisotopic (exact) mass is 398 g/mol. The van der Waals surface area contributed by atoms with Gasteiger partial charge >= 0.3 is 0 Å². The second-order valence-electron chi connectivity index (χ2n) is 10.8. The van der Waals surface area contributed by atoms with Gasteiger partial charge in [-0.25, -0.2) is 0 Å². The molecule has 6 nitrogen and oxygen atoms in total. The average molecular weight is 399 g/mol. The van der Waals surface area contributed by atoms with E-state index in [1.165, 1.54) is 135 Å². The largest absolute Gasteiger partial charge is 0.391 e. The Morgan fingerprint density at radius 2 is 0.607 bits per heavy atom. The van der Waals surface area contributed by atoms with Crippen molar-refractivity contribution in [3.63, 3.8) is 0 Å². The van der Waals surface area contributed by atoms with E-state index < -0.39 is 0 Å². The van der Waals surface area contributed by atoms with E-state index >= 15 is 0 Å². The smallest absolute Gasteiger partial charge is 0.129 e. The Bertz CT molecular complexity index is 432. The molecule has 6 aliphatic rings. The zero-order valence-electron chi connectivity index (χ0n) is 18.2. The van der Waals surface area contributed by atoms with Gasteiger partial charge in [0.2, 0.25) is 0 Å². The highest BCUT2D eigenvalue weighted by atomic mass is 16.3. The van der Waals surface area contributed by atoms with Gasteiger partial charge in [0, 0.05) is 0 Å². The lowest BCUT2D eigenvalue weighted by atomic mass is 10.0. The quantitative estimate of drug-likeness (QED) is 0.376. The summed E-state index contributed by atoms with van der Waals surface area (Å²) in [5.74, 6) is 0. The number of aliphatic hydroxyl groups is 2. The number of piperazine rings is 6. The maximum atomic E-state index is 9.36. The van der Waals surface area contributed by atoms with Gasteiger partial charge in [0.25, 0.3) is 0 Å². The lowest BCUT2D eigenvalue weighted by molar-refractivity contribution is -1.08. The molecule has 6 heteroatoms. The van der Waals surface area contributed by atoms with Crippen LogP contribution in [0.4, 0.5) is 0 Å². The zero-order chi connectivity index (χ0) is 19.6. The van der Waals surface area contributed by atoms with Crippen LogP contribution in [0, 0.1) is 0 Å². The highest BCUT2D eigenvalue weighted by molar-refractivity contribution is 4.64. The number of unbranched alkanes of at least 4 members (excludes halogenated alkanes) is 3. The minimum absolute atomic E-state index is 0.363. The molecule has 28 heavy (non-hydrogen) atoms. The Hall–Kier alpha value is -0.240. The zero-order valence-corrected chi connectivity index (χ0v) is 18.2. The van der Waals surface area contributed by atoms with Gasteiger partial charge in [-0.3, -0.25) is 0 Å². The highest BCUT2D eigenvalue weighted by Gasteiger charge is 2.49. The van der Waals surface area contributed by atoms with Crippen molar-refractivity contribution >= 4 is 0 Å². The summed E-state index contributed by atoms with van der Waals surface area (Å²) < 4.78 is 5.18. The van der Waals surface area contributed by atoms with Crippen LogP contribution in [0.2, 0.25) is 0 Å². The molecule has 0 unspecified atom stereocenters. The van der Waals surface area contributed by atoms with E-state index in [-0.39, 0.29) is 0 Å². The normalized spacial score (nSPS) is 42.2. The van der Waals surface area contributed by atoms with Crippen molar-refractivity contribution < 1.29 is 28.1 Å². The highest BCUT2D eigenvalue weighted by Crippen LogP contribution is 2.28. The molecule has 6 fully saturated rings. The van der Waals surface area contributed by atoms with Crippen molar-refractivity contribution in [3.05, 3.63) is 0 Å². The van der Waals surface area contributed by atoms with Gasteiger partial charge in [0.1, 0.15) is 91.6 Å². The second kappa shape index (κ2) is 8.48. The molecule has 6 rings (SSSR count). The van der Waals surface area contributed by atoms with Crippen LogP contribution < -0.4 is 0 Å². The van der Waals surface area contributed by atoms with Gasteiger partial charge in [-0.1, -0.05) is 0 Å². The van der Waals surface area contributed by atoms with Crippen molar-refractivity contribution in [3.8, 4) is 0 Å². The molecule has 0 amide bonds. The summed E-state index contributed by atoms with van der Waals surface area (Å²) in [6.45, 7) is 21.4. The van der Waals surface area contributed by atoms with Crippen LogP contribution in [0.3, 0.4) is 0 Å². The first kappa shape index (κ1) is 21.0. The van der Waals surface area contributed by atoms with Crippen molar-refractivity contribution in [1.29, 1.82) is 0 Å². The molecular weight excluding hydrogens is 352 g/mol. The fourth-order valence-corrected chi connectivity index (χ4v) is 6.90. The molecule has 0 aromatic carbocycles. The summed E-state index contributed by atoms with van der Waals surface area (Å²) >= 11 is 0. The van der Waals surface area contributed by atoms with Gasteiger partial charge in [-0.05, 0) is 25.7 Å². The van der Waals surface area contributed by atoms with Gasteiger partial charge in [-0.15, -0.1) is 0 Å². The summed E-state index contributed by atoms with van der Waals surface area (Å²) in [6.07, 6.45) is 5.66. The molecule has 0 aromatic heterocycles. The number of hydrogen-bond donors (Lipinski definition) is 2. The molecule has 4 bridgehead atoms. The predicted molar refractivity (Wildman–Crippen MR) is 112 cm³/mol. The van der Waals surface area contributed by atoms with Crippen LogP contribution >= 0.6 is 0 Å². The summed E-state index contributed by atoms with van der Waals surface area (Å²) in [4.78, 5) is 0. The van der Waals surface area contributed by atoms with E-state index in [1.807, 2.05) is 0 Å². The summed E-state index contributed by atoms with van der Waals surface area (Å²) in [7, 11) is 0. The third kappa shape index (κ3) is 4.28. The summed E-state index contributed by atoms with van der Waals surface area (Å²) in [6, 6.07) is 0. The molecule has 0 atom stereocenters. The summed E-state index contributed by atoms with van der Waals surface area (Å²) in [5, 5.41) is 18.7. The van der Waals surface area contributed by atoms with Crippen molar-refractivity contribution in [2.45, 2.75) is 25.7 Å². The average Bonchev–Trinajstić information content (AvgIpc) is 2.74. The van der Waals surface area contributed by atoms with Gasteiger partial charge in [-0.2, -0.15) is 0 Å². The number of rotatable bonds is 11. The Morgan fingerprint density at radius 1 is 0.357 bits per heavy atom. The van der Waals surface area contributed by atoms with Gasteiger partial charge < -0.3 is 28.1 Å². The van der Waals surface area contributed by atoms with E-state index in [0.717, 1.165) is 13.1 Å². The van der Waals surface area contributed by atoms with E-state index in [0.29, 0.717) is 13.2 Å². The topological polar surface area (TPSA) is 40.5 Å². The number of aliphatic hydroxyl groups excluding tert-OH is 2. The minimum Gasteiger partial charge on any atom is -0.391 e. The molecule has 6 heterocycles. The Labute approximate surface area is 172 Å². The summed E-state index contributed by atoms with van der Waals surface area (Å²) in [5.41, 5.74) is 0.